The van der Waals surface area contributed by atoms with Crippen LogP contribution in [-0.4, -0.2) is 6.54 Å². The fourth-order valence-electron chi connectivity index (χ4n) is 1.94. The van der Waals surface area contributed by atoms with Crippen LogP contribution in [0.15, 0.2) is 33.2 Å². The monoisotopic (exact) mass is 337 g/mol. The van der Waals surface area contributed by atoms with Crippen molar-refractivity contribution in [2.45, 2.75) is 33.9 Å². The number of benzene rings is 1. The first-order chi connectivity index (χ1) is 9.60. The van der Waals surface area contributed by atoms with Gasteiger partial charge in [0.2, 0.25) is 0 Å². The molecule has 0 amide bonds. The highest BCUT2D eigenvalue weighted by molar-refractivity contribution is 9.10. The van der Waals surface area contributed by atoms with E-state index in [1.165, 1.54) is 0 Å². The Kier molecular flexibility index (Phi) is 5.26. The van der Waals surface area contributed by atoms with Crippen LogP contribution < -0.4 is 10.1 Å². The van der Waals surface area contributed by atoms with E-state index in [9.17, 15) is 0 Å². The van der Waals surface area contributed by atoms with Crippen LogP contribution in [0.5, 0.6) is 5.75 Å². The Balaban J connectivity index is 1.98. The standard InChI is InChI=1S/C16H20BrNO2/c1-4-18-9-16-12(3)8-14(20-16)10-19-13-5-6-15(17)11(2)7-13/h5-8,18H,4,9-10H2,1-3H3. The lowest BCUT2D eigenvalue weighted by Crippen LogP contribution is -2.11. The Morgan fingerprint density at radius 1 is 1.20 bits per heavy atom. The molecule has 0 atom stereocenters. The van der Waals surface area contributed by atoms with Gasteiger partial charge in [-0.05, 0) is 55.8 Å². The van der Waals surface area contributed by atoms with Crippen LogP contribution in [0.25, 0.3) is 0 Å². The Bertz CT molecular complexity index is 578. The predicted molar refractivity (Wildman–Crippen MR) is 84.0 cm³/mol. The maximum atomic E-state index is 5.80. The average Bonchev–Trinajstić information content (AvgIpc) is 2.78. The van der Waals surface area contributed by atoms with Gasteiger partial charge in [0.1, 0.15) is 23.9 Å². The number of aryl methyl sites for hydroxylation is 2. The van der Waals surface area contributed by atoms with E-state index < -0.39 is 0 Å². The van der Waals surface area contributed by atoms with Crippen molar-refractivity contribution in [2.24, 2.45) is 0 Å². The van der Waals surface area contributed by atoms with Crippen molar-refractivity contribution >= 4 is 15.9 Å². The van der Waals surface area contributed by atoms with Crippen LogP contribution >= 0.6 is 15.9 Å². The fraction of sp³-hybridized carbons (Fsp3) is 0.375. The summed E-state index contributed by atoms with van der Waals surface area (Å²) in [5.74, 6) is 2.70. The molecule has 0 fully saturated rings. The van der Waals surface area contributed by atoms with E-state index in [0.29, 0.717) is 6.61 Å². The molecule has 0 aliphatic heterocycles. The molecule has 0 saturated carbocycles. The highest BCUT2D eigenvalue weighted by Gasteiger charge is 2.08. The van der Waals surface area contributed by atoms with Gasteiger partial charge in [-0.1, -0.05) is 22.9 Å². The molecule has 0 radical (unpaired) electrons. The molecule has 1 heterocycles. The second kappa shape index (κ2) is 6.95. The molecule has 4 heteroatoms. The van der Waals surface area contributed by atoms with Crippen molar-refractivity contribution in [3.63, 3.8) is 0 Å². The molecule has 0 aliphatic carbocycles. The number of hydrogen-bond donors (Lipinski definition) is 1. The Labute approximate surface area is 128 Å². The van der Waals surface area contributed by atoms with Gasteiger partial charge < -0.3 is 14.5 Å². The summed E-state index contributed by atoms with van der Waals surface area (Å²) in [5, 5.41) is 3.27. The van der Waals surface area contributed by atoms with Gasteiger partial charge in [0, 0.05) is 4.47 Å². The molecular formula is C16H20BrNO2. The van der Waals surface area contributed by atoms with Crippen molar-refractivity contribution < 1.29 is 9.15 Å². The minimum atomic E-state index is 0.452. The van der Waals surface area contributed by atoms with E-state index in [1.54, 1.807) is 0 Å². The third-order valence-electron chi connectivity index (χ3n) is 3.12. The number of halogens is 1. The van der Waals surface area contributed by atoms with Gasteiger partial charge in [-0.3, -0.25) is 0 Å². The summed E-state index contributed by atoms with van der Waals surface area (Å²) in [6.07, 6.45) is 0. The summed E-state index contributed by atoms with van der Waals surface area (Å²) in [5.41, 5.74) is 2.32. The van der Waals surface area contributed by atoms with Gasteiger partial charge in [0.05, 0.1) is 6.54 Å². The number of furan rings is 1. The number of nitrogens with one attached hydrogen (secondary N) is 1. The van der Waals surface area contributed by atoms with Crippen molar-refractivity contribution in [1.82, 2.24) is 5.32 Å². The third kappa shape index (κ3) is 3.87. The smallest absolute Gasteiger partial charge is 0.146 e. The van der Waals surface area contributed by atoms with Crippen LogP contribution in [-0.2, 0) is 13.2 Å². The van der Waals surface area contributed by atoms with Crippen LogP contribution in [0.2, 0.25) is 0 Å². The quantitative estimate of drug-likeness (QED) is 0.850. The normalized spacial score (nSPS) is 10.8. The average molecular weight is 338 g/mol. The zero-order valence-electron chi connectivity index (χ0n) is 12.1. The van der Waals surface area contributed by atoms with Gasteiger partial charge >= 0.3 is 0 Å². The molecule has 2 aromatic rings. The summed E-state index contributed by atoms with van der Waals surface area (Å²) < 4.78 is 12.7. The van der Waals surface area contributed by atoms with Crippen molar-refractivity contribution in [1.29, 1.82) is 0 Å². The lowest BCUT2D eigenvalue weighted by atomic mass is 10.2. The van der Waals surface area contributed by atoms with E-state index in [-0.39, 0.29) is 0 Å². The van der Waals surface area contributed by atoms with Crippen molar-refractivity contribution in [3.05, 3.63) is 51.4 Å². The van der Waals surface area contributed by atoms with E-state index in [1.807, 2.05) is 31.2 Å². The van der Waals surface area contributed by atoms with E-state index >= 15 is 0 Å². The number of rotatable bonds is 6. The van der Waals surface area contributed by atoms with Crippen LogP contribution in [0, 0.1) is 13.8 Å². The maximum absolute atomic E-state index is 5.80. The largest absolute Gasteiger partial charge is 0.486 e. The highest BCUT2D eigenvalue weighted by atomic mass is 79.9. The highest BCUT2D eigenvalue weighted by Crippen LogP contribution is 2.23. The molecular weight excluding hydrogens is 318 g/mol. The molecule has 20 heavy (non-hydrogen) atoms. The molecule has 0 bridgehead atoms. The molecule has 1 aromatic carbocycles. The molecule has 1 aromatic heterocycles. The topological polar surface area (TPSA) is 34.4 Å². The summed E-state index contributed by atoms with van der Waals surface area (Å²) >= 11 is 3.48. The first kappa shape index (κ1) is 15.1. The van der Waals surface area contributed by atoms with Gasteiger partial charge in [0.15, 0.2) is 0 Å². The third-order valence-corrected chi connectivity index (χ3v) is 4.01. The van der Waals surface area contributed by atoms with Gasteiger partial charge in [-0.2, -0.15) is 0 Å². The number of hydrogen-bond acceptors (Lipinski definition) is 3. The Morgan fingerprint density at radius 2 is 2.00 bits per heavy atom. The Morgan fingerprint density at radius 3 is 2.70 bits per heavy atom. The SMILES string of the molecule is CCNCc1oc(COc2ccc(Br)c(C)c2)cc1C. The van der Waals surface area contributed by atoms with E-state index in [4.69, 9.17) is 9.15 Å². The molecule has 3 nitrogen and oxygen atoms in total. The van der Waals surface area contributed by atoms with Gasteiger partial charge in [-0.25, -0.2) is 0 Å². The lowest BCUT2D eigenvalue weighted by molar-refractivity contribution is 0.265. The van der Waals surface area contributed by atoms with Crippen molar-refractivity contribution in [2.75, 3.05) is 6.54 Å². The van der Waals surface area contributed by atoms with Crippen LogP contribution in [0.3, 0.4) is 0 Å². The predicted octanol–water partition coefficient (Wildman–Crippen LogP) is 4.35. The summed E-state index contributed by atoms with van der Waals surface area (Å²) in [7, 11) is 0. The zero-order chi connectivity index (χ0) is 14.5. The van der Waals surface area contributed by atoms with Gasteiger partial charge in [-0.15, -0.1) is 0 Å². The van der Waals surface area contributed by atoms with Crippen LogP contribution in [0.1, 0.15) is 29.6 Å². The molecule has 0 unspecified atom stereocenters. The molecule has 0 spiro atoms. The second-order valence-electron chi connectivity index (χ2n) is 4.80. The lowest BCUT2D eigenvalue weighted by Gasteiger charge is -2.06. The second-order valence-corrected chi connectivity index (χ2v) is 5.65. The molecule has 0 aliphatic rings. The first-order valence-corrected chi connectivity index (χ1v) is 7.57. The summed E-state index contributed by atoms with van der Waals surface area (Å²) in [6.45, 7) is 8.34. The molecule has 108 valence electrons. The first-order valence-electron chi connectivity index (χ1n) is 6.78. The van der Waals surface area contributed by atoms with Gasteiger partial charge in [0.25, 0.3) is 0 Å². The maximum Gasteiger partial charge on any atom is 0.146 e. The van der Waals surface area contributed by atoms with Crippen LogP contribution in [0.4, 0.5) is 0 Å². The molecule has 2 rings (SSSR count). The number of ether oxygens (including phenoxy) is 1. The fourth-order valence-corrected chi connectivity index (χ4v) is 2.18. The minimum Gasteiger partial charge on any atom is -0.486 e. The Hall–Kier alpha value is -1.26. The molecule has 1 N–H and O–H groups in total. The summed E-state index contributed by atoms with van der Waals surface area (Å²) in [6, 6.07) is 8.00. The van der Waals surface area contributed by atoms with Crippen molar-refractivity contribution in [3.8, 4) is 5.75 Å². The molecule has 0 saturated heterocycles. The minimum absolute atomic E-state index is 0.452. The summed E-state index contributed by atoms with van der Waals surface area (Å²) in [4.78, 5) is 0. The van der Waals surface area contributed by atoms with E-state index in [0.717, 1.165) is 46.0 Å². The zero-order valence-corrected chi connectivity index (χ0v) is 13.7. The van der Waals surface area contributed by atoms with E-state index in [2.05, 4.69) is 35.1 Å².